The SMILES string of the molecule is CC(=O)OOC(C)=O.CC[C@H](C)C(=O)OC.COC(=O)[C@@H](C)CO.COC(=O)[C@H](C)CN.COC(=O)[C@H](C)CN(CC1CCCCC1)C[C@H](C)C(=O)OC.COC(=O)[C@H](C)CNC[C@H](C)C(=O)OC.CS(=O)(=O)Cl.C[C@H](CO)CN(CC1CCCCC1)C[C@@H](C)CO.C[C@H](COS(C)(=O)=O)CN(CC1CCCCC1)C[C@@H](C)COS(C)(=O)=O.Cl.O=CC1CCCCC1.[B-]OC(C)=O.[B].[H-].[Li+].[Na+]. The third-order valence-electron chi connectivity index (χ3n) is 20.5. The van der Waals surface area contributed by atoms with E-state index < -0.39 is 47.2 Å². The van der Waals surface area contributed by atoms with Gasteiger partial charge in [0.2, 0.25) is 15.0 Å². The van der Waals surface area contributed by atoms with E-state index in [0.29, 0.717) is 62.3 Å². The molecule has 0 aromatic rings. The molecule has 4 rings (SSSR count). The zero-order valence-electron chi connectivity index (χ0n) is 87.9. The second-order valence-electron chi connectivity index (χ2n) is 34.4. The number of carbonyl (C=O) groups is 11. The second-order valence-corrected chi connectivity index (χ2v) is 40.7. The van der Waals surface area contributed by atoms with Crippen molar-refractivity contribution in [1.29, 1.82) is 0 Å². The Morgan fingerprint density at radius 3 is 0.852 bits per heavy atom. The van der Waals surface area contributed by atoms with E-state index in [2.05, 4.69) is 90.7 Å². The van der Waals surface area contributed by atoms with E-state index in [0.717, 1.165) is 110 Å². The van der Waals surface area contributed by atoms with Gasteiger partial charge in [0.1, 0.15) is 6.29 Å². The van der Waals surface area contributed by atoms with Gasteiger partial charge in [0, 0.05) is 138 Å². The first-order valence-electron chi connectivity index (χ1n) is 45.3. The Bertz CT molecular complexity index is 3180. The summed E-state index contributed by atoms with van der Waals surface area (Å²) in [6, 6.07) is 0. The van der Waals surface area contributed by atoms with Crippen LogP contribution in [-0.4, -0.2) is 318 Å². The number of nitrogens with one attached hydrogen (secondary N) is 1. The molecule has 0 bridgehead atoms. The Hall–Kier alpha value is -3.87. The molecule has 4 aliphatic rings. The van der Waals surface area contributed by atoms with Crippen molar-refractivity contribution in [3.8, 4) is 0 Å². The number of methoxy groups -OCH3 is 7. The maximum absolute atomic E-state index is 11.7. The molecule has 6 radical (unpaired) electrons. The number of ether oxygens (including phenoxy) is 7. The summed E-state index contributed by atoms with van der Waals surface area (Å²) in [7, 11) is 8.38. The molecule has 0 aromatic carbocycles. The van der Waals surface area contributed by atoms with E-state index in [1.807, 2.05) is 41.5 Å². The number of carbonyl (C=O) groups excluding carboxylic acids is 11. The van der Waals surface area contributed by atoms with E-state index in [1.54, 1.807) is 27.7 Å². The summed E-state index contributed by atoms with van der Waals surface area (Å²) in [5.74, 6) is -1.31. The van der Waals surface area contributed by atoms with E-state index in [1.165, 1.54) is 172 Å². The van der Waals surface area contributed by atoms with Crippen molar-refractivity contribution >= 4 is 135 Å². The summed E-state index contributed by atoms with van der Waals surface area (Å²) in [4.78, 5) is 131. The van der Waals surface area contributed by atoms with Crippen molar-refractivity contribution in [3.05, 3.63) is 0 Å². The van der Waals surface area contributed by atoms with Crippen LogP contribution in [0.3, 0.4) is 0 Å². The number of hydrogen-bond acceptors (Lipinski definition) is 37. The molecule has 4 fully saturated rings. The fourth-order valence-corrected chi connectivity index (χ4v) is 14.0. The number of aliphatic hydroxyl groups excluding tert-OH is 3. The summed E-state index contributed by atoms with van der Waals surface area (Å²) >= 11 is 0. The van der Waals surface area contributed by atoms with Gasteiger partial charge >= 0.3 is 102 Å². The van der Waals surface area contributed by atoms with Gasteiger partial charge in [-0.1, -0.05) is 153 Å². The van der Waals surface area contributed by atoms with E-state index in [4.69, 9.17) is 28.7 Å². The Morgan fingerprint density at radius 2 is 0.659 bits per heavy atom. The molecular weight excluding hydrogens is 1870 g/mol. The summed E-state index contributed by atoms with van der Waals surface area (Å²) in [6.45, 7) is 35.8. The first kappa shape index (κ1) is 154. The standard InChI is InChI=1S/C17H35NO6S2.C17H31NO4.C15H31NO2.C10H19NO4.C7H12O.C6H12O2.C5H11NO2.C5H10O3.C4H6O4.C2H3BO2.CH3ClO2S.B.ClH.Li.Na.H/c1-15(13-23-25(3,19)20)10-18(12-17-8-6-5-7-9-17)11-16(2)14-24-26(4,21)22;1-13(16(19)21-3)10-18(11-14(2)17(20)22-4)12-15-8-6-5-7-9-15;1-13(11-17)8-16(9-14(2)12-18)10-15-6-4-3-5-7-15;1-7(9(12)14-3)5-11-6-8(2)10(13)15-4;8-6-7-4-2-1-3-5-7;1-4-5(2)6(7)8-3;2*1-4(3-6)5(7)8-2;1-3(5)7-8-4(2)6;1-2(4)5-3;1-5(2,3)4;;;;;/h15-17H,5-14H2,1-4H3;13-15H,5-12H2,1-4H3;13-15,17-18H,3-12H2,1-2H3;7-8,11H,5-6H2,1-4H3;6-7H,1-5H2;5H,4H2,1-3H3;4H,3,6H2,1-2H3;4,6H,3H2,1-2H3;1-2H3;2*1H3;;1H;;;/q;;;;;;;;;-1;;;;2*+1;-1/t15-,16+;2*13-,14+;7-,8+;;5-;2*4-;;;;;;;;/m.....010......../s1. The van der Waals surface area contributed by atoms with Crippen LogP contribution in [0.4, 0.5) is 0 Å². The van der Waals surface area contributed by atoms with Crippen molar-refractivity contribution < 1.29 is 199 Å². The Kier molecular flexibility index (Phi) is 110. The number of nitrogens with zero attached hydrogens (tertiary/aromatic N) is 3. The van der Waals surface area contributed by atoms with Gasteiger partial charge in [-0.15, -0.1) is 12.4 Å². The van der Waals surface area contributed by atoms with Crippen molar-refractivity contribution in [2.75, 3.05) is 180 Å². The number of aldehydes is 1. The van der Waals surface area contributed by atoms with Crippen LogP contribution >= 0.6 is 23.1 Å². The molecule has 37 nitrogen and oxygen atoms in total. The minimum Gasteiger partial charge on any atom is -1.00 e. The first-order chi connectivity index (χ1) is 61.1. The predicted octanol–water partition coefficient (Wildman–Crippen LogP) is 3.42. The van der Waals surface area contributed by atoms with Gasteiger partial charge in [-0.25, -0.2) is 27.8 Å². The quantitative estimate of drug-likeness (QED) is 0.00855. The zero-order chi connectivity index (χ0) is 102. The zero-order valence-corrected chi connectivity index (χ0v) is 92.9. The van der Waals surface area contributed by atoms with Crippen LogP contribution in [0.25, 0.3) is 0 Å². The third kappa shape index (κ3) is 104. The number of hydrogen-bond donors (Lipinski definition) is 5. The number of aliphatic hydroxyl groups is 3. The Morgan fingerprint density at radius 1 is 0.422 bits per heavy atom. The molecule has 11 atom stereocenters. The van der Waals surface area contributed by atoms with Crippen LogP contribution in [0, 0.1) is 88.8 Å². The Labute approximate surface area is 860 Å². The third-order valence-corrected chi connectivity index (χ3v) is 21.6. The summed E-state index contributed by atoms with van der Waals surface area (Å²) in [5, 5.41) is 29.8. The molecule has 0 saturated heterocycles. The van der Waals surface area contributed by atoms with Crippen molar-refractivity contribution in [3.63, 3.8) is 0 Å². The largest absolute Gasteiger partial charge is 1.00 e. The molecule has 135 heavy (non-hydrogen) atoms. The number of rotatable bonds is 41. The van der Waals surface area contributed by atoms with Gasteiger partial charge in [-0.2, -0.15) is 16.8 Å². The first-order valence-corrected chi connectivity index (χ1v) is 51.7. The molecule has 0 amide bonds. The van der Waals surface area contributed by atoms with Crippen LogP contribution in [0.2, 0.25) is 0 Å². The van der Waals surface area contributed by atoms with Gasteiger partial charge in [0.25, 0.3) is 20.2 Å². The van der Waals surface area contributed by atoms with E-state index in [-0.39, 0.29) is 199 Å². The van der Waals surface area contributed by atoms with Gasteiger partial charge in [0.05, 0.1) is 130 Å². The molecule has 0 aliphatic heterocycles. The second kappa shape index (κ2) is 96.3. The molecule has 0 heterocycles. The molecule has 46 heteroatoms. The maximum atomic E-state index is 11.7. The predicted molar refractivity (Wildman–Crippen MR) is 518 cm³/mol. The van der Waals surface area contributed by atoms with Crippen molar-refractivity contribution in [1.82, 2.24) is 20.0 Å². The number of nitrogens with two attached hydrogens (primary N) is 1. The fourth-order valence-electron chi connectivity index (χ4n) is 13.1. The number of esters is 7. The normalized spacial score (nSPS) is 16.0. The molecule has 6 N–H and O–H groups in total. The fraction of sp³-hybridized carbons (Fsp3) is 0.876. The monoisotopic (exact) mass is 2040 g/mol. The number of halogens is 2. The maximum Gasteiger partial charge on any atom is 1.00 e. The van der Waals surface area contributed by atoms with E-state index >= 15 is 0 Å². The van der Waals surface area contributed by atoms with Gasteiger partial charge in [0.15, 0.2) is 0 Å². The van der Waals surface area contributed by atoms with Crippen molar-refractivity contribution in [2.45, 2.75) is 239 Å². The molecule has 0 spiro atoms. The average Bonchev–Trinajstić information content (AvgIpc) is 0.903. The average molecular weight is 2050 g/mol. The van der Waals surface area contributed by atoms with Crippen molar-refractivity contribution in [2.24, 2.45) is 94.5 Å². The van der Waals surface area contributed by atoms with Crippen LogP contribution in [-0.2, 0) is 138 Å². The summed E-state index contributed by atoms with van der Waals surface area (Å²) in [5.41, 5.74) is 5.15. The smallest absolute Gasteiger partial charge is 1.00 e. The van der Waals surface area contributed by atoms with E-state index in [9.17, 15) is 88.2 Å². The molecule has 0 aromatic heterocycles. The van der Waals surface area contributed by atoms with Gasteiger partial charge in [-0.05, 0) is 106 Å². The minimum atomic E-state index is -3.44. The minimum absolute atomic E-state index is 0. The topological polar surface area (TPSA) is 509 Å². The van der Waals surface area contributed by atoms with Gasteiger partial charge < -0.3 is 93.2 Å². The molecular formula is C89H175B2Cl2LiN5NaO32S3. The summed E-state index contributed by atoms with van der Waals surface area (Å²) < 4.78 is 109. The van der Waals surface area contributed by atoms with Crippen LogP contribution in [0.15, 0.2) is 0 Å². The van der Waals surface area contributed by atoms with Crippen LogP contribution < -0.4 is 59.5 Å². The Balaban J connectivity index is -0.000000129. The molecule has 4 aliphatic carbocycles. The molecule has 0 unspecified atom stereocenters. The summed E-state index contributed by atoms with van der Waals surface area (Å²) in [6.07, 6.45) is 30.7. The molecule has 4 saturated carbocycles. The molecule has 788 valence electrons. The van der Waals surface area contributed by atoms with Crippen LogP contribution in [0.1, 0.15) is 240 Å². The van der Waals surface area contributed by atoms with Crippen LogP contribution in [0.5, 0.6) is 0 Å². The van der Waals surface area contributed by atoms with Gasteiger partial charge in [-0.3, -0.25) is 46.7 Å².